The van der Waals surface area contributed by atoms with Crippen LogP contribution in [0.3, 0.4) is 0 Å². The lowest BCUT2D eigenvalue weighted by Gasteiger charge is -2.58. The van der Waals surface area contributed by atoms with Crippen molar-refractivity contribution in [3.05, 3.63) is 35.1 Å². The predicted molar refractivity (Wildman–Crippen MR) is 109 cm³/mol. The molecular formula is C22H29FN4O3. The molecule has 1 aromatic carbocycles. The summed E-state index contributed by atoms with van der Waals surface area (Å²) in [6.45, 7) is 4.34. The maximum absolute atomic E-state index is 13.7. The van der Waals surface area contributed by atoms with Crippen molar-refractivity contribution in [3.8, 4) is 0 Å². The van der Waals surface area contributed by atoms with Gasteiger partial charge in [-0.25, -0.2) is 9.18 Å². The van der Waals surface area contributed by atoms with Crippen LogP contribution in [0.4, 0.5) is 9.18 Å². The van der Waals surface area contributed by atoms with Gasteiger partial charge in [0.1, 0.15) is 12.4 Å². The van der Waals surface area contributed by atoms with E-state index in [0.29, 0.717) is 11.5 Å². The summed E-state index contributed by atoms with van der Waals surface area (Å²) in [5, 5.41) is 0. The van der Waals surface area contributed by atoms with Crippen molar-refractivity contribution in [1.82, 2.24) is 14.7 Å². The lowest BCUT2D eigenvalue weighted by molar-refractivity contribution is -0.179. The molecule has 0 bridgehead atoms. The van der Waals surface area contributed by atoms with Crippen LogP contribution in [0.2, 0.25) is 0 Å². The Morgan fingerprint density at radius 2 is 1.87 bits per heavy atom. The molecule has 2 heterocycles. The van der Waals surface area contributed by atoms with Crippen molar-refractivity contribution in [2.45, 2.75) is 57.7 Å². The first-order chi connectivity index (χ1) is 14.2. The third kappa shape index (κ3) is 3.42. The second-order valence-corrected chi connectivity index (χ2v) is 9.14. The molecule has 1 spiro atoms. The van der Waals surface area contributed by atoms with E-state index >= 15 is 0 Å². The molecule has 30 heavy (non-hydrogen) atoms. The zero-order chi connectivity index (χ0) is 21.6. The van der Waals surface area contributed by atoms with Gasteiger partial charge in [0.25, 0.3) is 5.91 Å². The summed E-state index contributed by atoms with van der Waals surface area (Å²) in [5.74, 6) is 0.0890. The summed E-state index contributed by atoms with van der Waals surface area (Å²) < 4.78 is 13.7. The average Bonchev–Trinajstić information content (AvgIpc) is 2.66. The van der Waals surface area contributed by atoms with E-state index in [1.165, 1.54) is 11.0 Å². The summed E-state index contributed by atoms with van der Waals surface area (Å²) in [4.78, 5) is 43.2. The van der Waals surface area contributed by atoms with Gasteiger partial charge in [0, 0.05) is 12.6 Å². The van der Waals surface area contributed by atoms with Crippen molar-refractivity contribution in [3.63, 3.8) is 0 Å². The molecule has 7 nitrogen and oxygen atoms in total. The Labute approximate surface area is 176 Å². The van der Waals surface area contributed by atoms with Crippen molar-refractivity contribution in [1.29, 1.82) is 0 Å². The minimum atomic E-state index is -1.09. The highest BCUT2D eigenvalue weighted by atomic mass is 19.1. The topological polar surface area (TPSA) is 87.0 Å². The van der Waals surface area contributed by atoms with Gasteiger partial charge < -0.3 is 20.4 Å². The first-order valence-electron chi connectivity index (χ1n) is 10.6. The van der Waals surface area contributed by atoms with Crippen molar-refractivity contribution in [2.75, 3.05) is 19.6 Å². The maximum atomic E-state index is 13.7. The van der Waals surface area contributed by atoms with Crippen LogP contribution < -0.4 is 5.73 Å². The number of hydrogen-bond donors (Lipinski definition) is 1. The van der Waals surface area contributed by atoms with Crippen LogP contribution in [-0.4, -0.2) is 63.8 Å². The number of carbonyl (C=O) groups excluding carboxylic acids is 3. The van der Waals surface area contributed by atoms with Crippen LogP contribution in [0.25, 0.3) is 0 Å². The number of hydrogen-bond acceptors (Lipinski definition) is 3. The highest BCUT2D eigenvalue weighted by Gasteiger charge is 2.61. The molecule has 0 unspecified atom stereocenters. The monoisotopic (exact) mass is 416 g/mol. The van der Waals surface area contributed by atoms with Gasteiger partial charge in [-0.05, 0) is 55.7 Å². The Hall–Kier alpha value is -2.64. The van der Waals surface area contributed by atoms with Crippen LogP contribution >= 0.6 is 0 Å². The molecule has 1 aromatic rings. The van der Waals surface area contributed by atoms with E-state index in [9.17, 15) is 18.8 Å². The molecule has 8 heteroatoms. The Bertz CT molecular complexity index is 875. The number of urea groups is 1. The van der Waals surface area contributed by atoms with E-state index in [1.807, 2.05) is 0 Å². The van der Waals surface area contributed by atoms with Crippen LogP contribution in [0.15, 0.2) is 18.2 Å². The van der Waals surface area contributed by atoms with Crippen LogP contribution in [0, 0.1) is 18.7 Å². The largest absolute Gasteiger partial charge is 0.351 e. The maximum Gasteiger partial charge on any atom is 0.314 e. The number of likely N-dealkylation sites (tertiary alicyclic amines) is 1. The van der Waals surface area contributed by atoms with Crippen molar-refractivity contribution < 1.29 is 18.8 Å². The first-order valence-corrected chi connectivity index (χ1v) is 10.6. The van der Waals surface area contributed by atoms with Gasteiger partial charge in [0.2, 0.25) is 5.91 Å². The molecule has 162 valence electrons. The number of piperazine rings is 1. The molecule has 4 rings (SSSR count). The van der Waals surface area contributed by atoms with Gasteiger partial charge in [0.15, 0.2) is 5.54 Å². The number of nitrogens with two attached hydrogens (primary N) is 1. The molecule has 2 aliphatic heterocycles. The molecule has 2 saturated heterocycles. The SMILES string of the molecule is Cc1cc(CN2C(=O)CN([C@H]3CC[C@H](C)CC3)C(=O)C23CN(C(N)=O)C3)ccc1F. The van der Waals surface area contributed by atoms with E-state index < -0.39 is 11.6 Å². The fourth-order valence-corrected chi connectivity index (χ4v) is 5.05. The summed E-state index contributed by atoms with van der Waals surface area (Å²) in [6, 6.07) is 4.17. The van der Waals surface area contributed by atoms with Gasteiger partial charge in [-0.2, -0.15) is 0 Å². The van der Waals surface area contributed by atoms with Gasteiger partial charge in [-0.1, -0.05) is 19.1 Å². The normalized spacial score (nSPS) is 26.2. The third-order valence-electron chi connectivity index (χ3n) is 6.99. The lowest BCUT2D eigenvalue weighted by atomic mass is 9.80. The number of carbonyl (C=O) groups is 3. The van der Waals surface area contributed by atoms with E-state index in [-0.39, 0.29) is 49.9 Å². The number of halogens is 1. The van der Waals surface area contributed by atoms with E-state index in [0.717, 1.165) is 31.2 Å². The molecule has 1 saturated carbocycles. The quantitative estimate of drug-likeness (QED) is 0.818. The Kier molecular flexibility index (Phi) is 5.20. The summed E-state index contributed by atoms with van der Waals surface area (Å²) in [5.41, 5.74) is 5.57. The summed E-state index contributed by atoms with van der Waals surface area (Å²) in [7, 11) is 0. The van der Waals surface area contributed by atoms with Crippen LogP contribution in [0.5, 0.6) is 0 Å². The molecule has 3 fully saturated rings. The molecule has 4 amide bonds. The number of amides is 4. The highest BCUT2D eigenvalue weighted by molar-refractivity contribution is 6.00. The number of primary amides is 1. The lowest BCUT2D eigenvalue weighted by Crippen LogP contribution is -2.82. The molecule has 3 aliphatic rings. The molecule has 1 aliphatic carbocycles. The molecule has 0 radical (unpaired) electrons. The second-order valence-electron chi connectivity index (χ2n) is 9.14. The van der Waals surface area contributed by atoms with E-state index in [1.54, 1.807) is 28.9 Å². The smallest absolute Gasteiger partial charge is 0.314 e. The number of nitrogens with zero attached hydrogens (tertiary/aromatic N) is 3. The zero-order valence-corrected chi connectivity index (χ0v) is 17.6. The van der Waals surface area contributed by atoms with Crippen LogP contribution in [0.1, 0.15) is 43.7 Å². The minimum Gasteiger partial charge on any atom is -0.351 e. The molecule has 0 aromatic heterocycles. The van der Waals surface area contributed by atoms with E-state index in [4.69, 9.17) is 5.73 Å². The zero-order valence-electron chi connectivity index (χ0n) is 17.6. The molecule has 2 N–H and O–H groups in total. The van der Waals surface area contributed by atoms with Gasteiger partial charge in [-0.15, -0.1) is 0 Å². The molecule has 0 atom stereocenters. The number of benzene rings is 1. The van der Waals surface area contributed by atoms with Gasteiger partial charge in [-0.3, -0.25) is 9.59 Å². The van der Waals surface area contributed by atoms with Crippen molar-refractivity contribution >= 4 is 17.8 Å². The summed E-state index contributed by atoms with van der Waals surface area (Å²) >= 11 is 0. The molecular weight excluding hydrogens is 387 g/mol. The number of rotatable bonds is 3. The second kappa shape index (κ2) is 7.56. The average molecular weight is 416 g/mol. The fourth-order valence-electron chi connectivity index (χ4n) is 5.05. The number of aryl methyl sites for hydroxylation is 1. The van der Waals surface area contributed by atoms with E-state index in [2.05, 4.69) is 6.92 Å². The minimum absolute atomic E-state index is 0.0520. The summed E-state index contributed by atoms with van der Waals surface area (Å²) in [6.07, 6.45) is 3.88. The standard InChI is InChI=1S/C22H29FN4O3/c1-14-3-6-17(7-4-14)26-11-19(28)27(10-16-5-8-18(23)15(2)9-16)22(20(26)29)12-25(13-22)21(24)30/h5,8-9,14,17H,3-4,6-7,10-13H2,1-2H3,(H2,24,30)/t14-,17-. The Balaban J connectivity index is 1.61. The first kappa shape index (κ1) is 20.6. The van der Waals surface area contributed by atoms with Crippen LogP contribution in [-0.2, 0) is 16.1 Å². The third-order valence-corrected chi connectivity index (χ3v) is 6.99. The Morgan fingerprint density at radius 3 is 2.47 bits per heavy atom. The fraction of sp³-hybridized carbons (Fsp3) is 0.591. The van der Waals surface area contributed by atoms with Gasteiger partial charge in [0.05, 0.1) is 13.1 Å². The van der Waals surface area contributed by atoms with Gasteiger partial charge >= 0.3 is 6.03 Å². The predicted octanol–water partition coefficient (Wildman–Crippen LogP) is 2.02. The van der Waals surface area contributed by atoms with Crippen molar-refractivity contribution in [2.24, 2.45) is 11.7 Å². The highest BCUT2D eigenvalue weighted by Crippen LogP contribution is 2.38. The Morgan fingerprint density at radius 1 is 1.20 bits per heavy atom.